The monoisotopic (exact) mass is 440 g/mol. The first-order valence-electron chi connectivity index (χ1n) is 10.9. The van der Waals surface area contributed by atoms with Gasteiger partial charge in [0.15, 0.2) is 0 Å². The summed E-state index contributed by atoms with van der Waals surface area (Å²) in [7, 11) is 1.56. The molecule has 5 atom stereocenters. The number of amides is 3. The van der Waals surface area contributed by atoms with Crippen molar-refractivity contribution in [2.75, 3.05) is 20.2 Å². The normalized spacial score (nSPS) is 26.9. The van der Waals surface area contributed by atoms with E-state index in [-0.39, 0.29) is 43.5 Å². The van der Waals surface area contributed by atoms with Gasteiger partial charge in [-0.1, -0.05) is 36.4 Å². The molecule has 1 aromatic carbocycles. The number of carbonyl (C=O) groups is 3. The molecule has 1 aliphatic carbocycles. The van der Waals surface area contributed by atoms with Gasteiger partial charge in [-0.05, 0) is 24.5 Å². The highest BCUT2D eigenvalue weighted by atomic mass is 16.3. The number of nitrogens with zero attached hydrogens (tertiary/aromatic N) is 4. The maximum Gasteiger partial charge on any atom is 0.244 e. The summed E-state index contributed by atoms with van der Waals surface area (Å²) in [5.41, 5.74) is 1.50. The Kier molecular flexibility index (Phi) is 6.22. The molecule has 10 nitrogen and oxygen atoms in total. The average Bonchev–Trinajstić information content (AvgIpc) is 3.35. The Hall–Kier alpha value is -3.27. The van der Waals surface area contributed by atoms with Crippen LogP contribution in [0.15, 0.2) is 36.4 Å². The number of carbonyl (C=O) groups excluding carboxylic acids is 3. The van der Waals surface area contributed by atoms with Gasteiger partial charge in [0.25, 0.3) is 0 Å². The van der Waals surface area contributed by atoms with Crippen LogP contribution >= 0.6 is 0 Å². The summed E-state index contributed by atoms with van der Waals surface area (Å²) in [4.78, 5) is 40.7. The van der Waals surface area contributed by atoms with Crippen molar-refractivity contribution in [2.45, 2.75) is 26.1 Å². The quantitative estimate of drug-likeness (QED) is 0.516. The summed E-state index contributed by atoms with van der Waals surface area (Å²) in [6.45, 7) is 1.83. The van der Waals surface area contributed by atoms with Gasteiger partial charge in [0.2, 0.25) is 17.7 Å². The van der Waals surface area contributed by atoms with Crippen molar-refractivity contribution >= 4 is 28.8 Å². The molecule has 1 fully saturated rings. The van der Waals surface area contributed by atoms with Crippen LogP contribution in [0.4, 0.5) is 0 Å². The van der Waals surface area contributed by atoms with E-state index in [0.717, 1.165) is 5.52 Å². The van der Waals surface area contributed by atoms with Gasteiger partial charge >= 0.3 is 0 Å². The van der Waals surface area contributed by atoms with E-state index in [1.165, 1.54) is 4.90 Å². The molecule has 10 heteroatoms. The molecule has 1 saturated heterocycles. The number of hydrogen-bond donors (Lipinski definition) is 3. The summed E-state index contributed by atoms with van der Waals surface area (Å²) in [5.74, 6) is -2.55. The highest BCUT2D eigenvalue weighted by molar-refractivity contribution is 5.96. The number of likely N-dealkylation sites (tertiary alicyclic amines) is 1. The molecule has 0 bridgehead atoms. The van der Waals surface area contributed by atoms with Gasteiger partial charge in [0, 0.05) is 19.5 Å². The van der Waals surface area contributed by atoms with Crippen molar-refractivity contribution in [3.63, 3.8) is 0 Å². The standard InChI is InChI=1S/C22H28N6O4/c1-3-13-8-9-14-18(17(13)20(30)23-2)22(32)27(10-11-29)19(14)21(31)24-12-28-16-7-5-4-6-15(16)25-26-28/h4-9,13-14,17-19,29H,3,10-12H2,1-2H3,(H,23,30)(H,24,31)/t13-,14+,17-,18+,19+/m1/s1. The lowest BCUT2D eigenvalue weighted by molar-refractivity contribution is -0.141. The third-order valence-electron chi connectivity index (χ3n) is 6.57. The Morgan fingerprint density at radius 1 is 1.19 bits per heavy atom. The summed E-state index contributed by atoms with van der Waals surface area (Å²) < 4.78 is 1.58. The van der Waals surface area contributed by atoms with Gasteiger partial charge in [-0.15, -0.1) is 5.10 Å². The van der Waals surface area contributed by atoms with E-state index in [1.807, 2.05) is 43.3 Å². The van der Waals surface area contributed by atoms with E-state index in [9.17, 15) is 19.5 Å². The Labute approximate surface area is 185 Å². The van der Waals surface area contributed by atoms with Crippen molar-refractivity contribution in [1.82, 2.24) is 30.5 Å². The van der Waals surface area contributed by atoms with Gasteiger partial charge in [0.05, 0.1) is 24.0 Å². The van der Waals surface area contributed by atoms with Crippen LogP contribution in [0.2, 0.25) is 0 Å². The summed E-state index contributed by atoms with van der Waals surface area (Å²) >= 11 is 0. The Balaban J connectivity index is 1.60. The number of allylic oxidation sites excluding steroid dienone is 1. The lowest BCUT2D eigenvalue weighted by Gasteiger charge is -2.33. The topological polar surface area (TPSA) is 129 Å². The van der Waals surface area contributed by atoms with E-state index in [0.29, 0.717) is 11.9 Å². The smallest absolute Gasteiger partial charge is 0.244 e. The number of aromatic nitrogens is 3. The number of para-hydroxylation sites is 1. The maximum absolute atomic E-state index is 13.3. The second-order valence-electron chi connectivity index (χ2n) is 8.18. The number of aliphatic hydroxyl groups excluding tert-OH is 1. The zero-order valence-electron chi connectivity index (χ0n) is 18.1. The molecular weight excluding hydrogens is 412 g/mol. The van der Waals surface area contributed by atoms with Gasteiger partial charge in [-0.3, -0.25) is 14.4 Å². The van der Waals surface area contributed by atoms with E-state index < -0.39 is 23.8 Å². The minimum absolute atomic E-state index is 0.0290. The number of fused-ring (bicyclic) bond motifs is 2. The van der Waals surface area contributed by atoms with Crippen LogP contribution in [0.25, 0.3) is 11.0 Å². The molecular formula is C22H28N6O4. The first kappa shape index (κ1) is 21.9. The third-order valence-corrected chi connectivity index (χ3v) is 6.57. The molecule has 0 radical (unpaired) electrons. The Morgan fingerprint density at radius 3 is 2.69 bits per heavy atom. The van der Waals surface area contributed by atoms with Crippen molar-refractivity contribution in [2.24, 2.45) is 23.7 Å². The van der Waals surface area contributed by atoms with E-state index in [4.69, 9.17) is 0 Å². The third kappa shape index (κ3) is 3.64. The van der Waals surface area contributed by atoms with Crippen LogP contribution in [0.3, 0.4) is 0 Å². The molecule has 170 valence electrons. The molecule has 4 rings (SSSR count). The number of hydrogen-bond acceptors (Lipinski definition) is 6. The number of nitrogens with one attached hydrogen (secondary N) is 2. The minimum atomic E-state index is -0.810. The minimum Gasteiger partial charge on any atom is -0.395 e. The molecule has 0 unspecified atom stereocenters. The molecule has 3 amide bonds. The predicted molar refractivity (Wildman–Crippen MR) is 116 cm³/mol. The molecule has 2 aliphatic rings. The molecule has 32 heavy (non-hydrogen) atoms. The van der Waals surface area contributed by atoms with Gasteiger partial charge in [-0.25, -0.2) is 4.68 Å². The second kappa shape index (κ2) is 9.07. The van der Waals surface area contributed by atoms with Crippen molar-refractivity contribution in [1.29, 1.82) is 0 Å². The summed E-state index contributed by atoms with van der Waals surface area (Å²) in [6, 6.07) is 6.61. The zero-order valence-corrected chi connectivity index (χ0v) is 18.1. The molecule has 0 spiro atoms. The molecule has 0 saturated carbocycles. The fourth-order valence-corrected chi connectivity index (χ4v) is 5.05. The van der Waals surface area contributed by atoms with Gasteiger partial charge < -0.3 is 20.6 Å². The lowest BCUT2D eigenvalue weighted by atomic mass is 9.69. The zero-order chi connectivity index (χ0) is 22.8. The number of aliphatic hydroxyl groups is 1. The van der Waals surface area contributed by atoms with Gasteiger partial charge in [-0.2, -0.15) is 0 Å². The fraction of sp³-hybridized carbons (Fsp3) is 0.500. The highest BCUT2D eigenvalue weighted by Crippen LogP contribution is 2.44. The number of rotatable bonds is 7. The lowest BCUT2D eigenvalue weighted by Crippen LogP contribution is -2.48. The fourth-order valence-electron chi connectivity index (χ4n) is 5.05. The van der Waals surface area contributed by atoms with Crippen LogP contribution in [0, 0.1) is 23.7 Å². The Bertz CT molecular complexity index is 1050. The maximum atomic E-state index is 13.3. The second-order valence-corrected chi connectivity index (χ2v) is 8.18. The SMILES string of the molecule is CC[C@@H]1C=C[C@H]2[C@H](C(=O)N(CCO)[C@@H]2C(=O)NCn2nnc3ccccc32)[C@@H]1C(=O)NC. The van der Waals surface area contributed by atoms with Crippen LogP contribution in [0.5, 0.6) is 0 Å². The van der Waals surface area contributed by atoms with E-state index >= 15 is 0 Å². The largest absolute Gasteiger partial charge is 0.395 e. The van der Waals surface area contributed by atoms with Crippen molar-refractivity contribution in [3.05, 3.63) is 36.4 Å². The number of benzene rings is 1. The molecule has 1 aliphatic heterocycles. The first-order chi connectivity index (χ1) is 15.5. The highest BCUT2D eigenvalue weighted by Gasteiger charge is 2.56. The van der Waals surface area contributed by atoms with E-state index in [2.05, 4.69) is 20.9 Å². The molecule has 1 aromatic heterocycles. The van der Waals surface area contributed by atoms with Crippen LogP contribution < -0.4 is 10.6 Å². The van der Waals surface area contributed by atoms with Gasteiger partial charge in [0.1, 0.15) is 18.2 Å². The van der Waals surface area contributed by atoms with Crippen LogP contribution in [0.1, 0.15) is 13.3 Å². The van der Waals surface area contributed by atoms with Crippen LogP contribution in [-0.4, -0.2) is 69.0 Å². The molecule has 3 N–H and O–H groups in total. The summed E-state index contributed by atoms with van der Waals surface area (Å²) in [6.07, 6.45) is 4.55. The first-order valence-corrected chi connectivity index (χ1v) is 10.9. The molecule has 2 heterocycles. The molecule has 2 aromatic rings. The predicted octanol–water partition coefficient (Wildman–Crippen LogP) is -0.101. The Morgan fingerprint density at radius 2 is 1.97 bits per heavy atom. The summed E-state index contributed by atoms with van der Waals surface area (Å²) in [5, 5.41) is 23.2. The van der Waals surface area contributed by atoms with Crippen molar-refractivity contribution in [3.8, 4) is 0 Å². The number of β-amino-alcohol motifs (C(OH)–C–C–N with tert-alkyl or cyclic N) is 1. The average molecular weight is 441 g/mol. The van der Waals surface area contributed by atoms with E-state index in [1.54, 1.807) is 11.7 Å². The van der Waals surface area contributed by atoms with Crippen molar-refractivity contribution < 1.29 is 19.5 Å². The van der Waals surface area contributed by atoms with Crippen LogP contribution in [-0.2, 0) is 21.1 Å².